The van der Waals surface area contributed by atoms with Crippen LogP contribution in [-0.4, -0.2) is 4.57 Å². The lowest BCUT2D eigenvalue weighted by Gasteiger charge is -2.28. The molecule has 0 saturated heterocycles. The minimum Gasteiger partial charge on any atom is -0.455 e. The van der Waals surface area contributed by atoms with E-state index in [1.807, 2.05) is 12.1 Å². The lowest BCUT2D eigenvalue weighted by atomic mass is 9.82. The van der Waals surface area contributed by atoms with Gasteiger partial charge in [0.05, 0.1) is 11.0 Å². The summed E-state index contributed by atoms with van der Waals surface area (Å²) >= 11 is 0. The van der Waals surface area contributed by atoms with E-state index in [1.54, 1.807) is 0 Å². The average Bonchev–Trinajstić information content (AvgIpc) is 4.00. The van der Waals surface area contributed by atoms with Crippen LogP contribution in [0.2, 0.25) is 0 Å². The van der Waals surface area contributed by atoms with Crippen LogP contribution >= 0.6 is 0 Å². The minimum absolute atomic E-state index is 0.116. The van der Waals surface area contributed by atoms with Gasteiger partial charge in [-0.1, -0.05) is 178 Å². The second-order valence-electron chi connectivity index (χ2n) is 18.1. The van der Waals surface area contributed by atoms with Crippen molar-refractivity contribution >= 4 is 60.8 Å². The van der Waals surface area contributed by atoms with Gasteiger partial charge in [0.2, 0.25) is 0 Å². The van der Waals surface area contributed by atoms with Gasteiger partial charge in [0.15, 0.2) is 0 Å². The van der Waals surface area contributed by atoms with Gasteiger partial charge in [-0.3, -0.25) is 0 Å². The van der Waals surface area contributed by atoms with Gasteiger partial charge in [0, 0.05) is 55.3 Å². The summed E-state index contributed by atoms with van der Waals surface area (Å²) in [6.45, 7) is 4.70. The first kappa shape index (κ1) is 38.1. The number of fused-ring (bicyclic) bond motifs is 9. The fraction of sp³-hybridized carbons (Fsp3) is 0.0476. The number of benzene rings is 10. The van der Waals surface area contributed by atoms with Gasteiger partial charge in [-0.25, -0.2) is 0 Å². The molecule has 3 nitrogen and oxygen atoms in total. The molecule has 2 heterocycles. The summed E-state index contributed by atoms with van der Waals surface area (Å²) in [5.74, 6) is 0. The van der Waals surface area contributed by atoms with E-state index in [0.29, 0.717) is 0 Å². The molecule has 10 aromatic carbocycles. The van der Waals surface area contributed by atoms with Crippen LogP contribution in [0.3, 0.4) is 0 Å². The summed E-state index contributed by atoms with van der Waals surface area (Å²) in [6, 6.07) is 83.8. The van der Waals surface area contributed by atoms with Crippen molar-refractivity contribution in [2.45, 2.75) is 19.3 Å². The van der Waals surface area contributed by atoms with E-state index in [9.17, 15) is 0 Å². The number of anilines is 3. The first-order valence-electron chi connectivity index (χ1n) is 22.8. The van der Waals surface area contributed by atoms with Crippen molar-refractivity contribution in [3.8, 4) is 50.2 Å². The zero-order valence-corrected chi connectivity index (χ0v) is 36.7. The van der Waals surface area contributed by atoms with Gasteiger partial charge in [-0.05, 0) is 117 Å². The van der Waals surface area contributed by atoms with Crippen LogP contribution in [-0.2, 0) is 5.41 Å². The Hall–Kier alpha value is -8.40. The third kappa shape index (κ3) is 5.97. The number of aromatic nitrogens is 1. The van der Waals surface area contributed by atoms with Gasteiger partial charge in [-0.15, -0.1) is 0 Å². The molecular weight excluding hydrogens is 801 g/mol. The van der Waals surface area contributed by atoms with E-state index in [4.69, 9.17) is 4.42 Å². The van der Waals surface area contributed by atoms with Crippen LogP contribution in [0.4, 0.5) is 17.1 Å². The molecule has 1 aliphatic carbocycles. The van der Waals surface area contributed by atoms with Crippen LogP contribution in [0, 0.1) is 0 Å². The highest BCUT2D eigenvalue weighted by Gasteiger charge is 2.35. The van der Waals surface area contributed by atoms with Crippen LogP contribution in [0.15, 0.2) is 235 Å². The van der Waals surface area contributed by atoms with E-state index in [-0.39, 0.29) is 5.41 Å². The van der Waals surface area contributed by atoms with Crippen LogP contribution in [0.5, 0.6) is 0 Å². The molecule has 66 heavy (non-hydrogen) atoms. The molecule has 3 heteroatoms. The second kappa shape index (κ2) is 14.8. The highest BCUT2D eigenvalue weighted by Crippen LogP contribution is 2.51. The maximum atomic E-state index is 6.38. The molecule has 1 aliphatic rings. The zero-order chi connectivity index (χ0) is 43.9. The second-order valence-corrected chi connectivity index (χ2v) is 18.1. The normalized spacial score (nSPS) is 12.8. The molecule has 0 unspecified atom stereocenters. The Kier molecular flexibility index (Phi) is 8.56. The maximum absolute atomic E-state index is 6.38. The Morgan fingerprint density at radius 2 is 0.833 bits per heavy atom. The first-order valence-corrected chi connectivity index (χ1v) is 22.8. The number of hydrogen-bond donors (Lipinski definition) is 0. The number of nitrogens with zero attached hydrogens (tertiary/aromatic N) is 2. The molecule has 0 atom stereocenters. The van der Waals surface area contributed by atoms with Crippen LogP contribution in [0.25, 0.3) is 93.9 Å². The molecule has 0 spiro atoms. The van der Waals surface area contributed by atoms with E-state index >= 15 is 0 Å². The van der Waals surface area contributed by atoms with Crippen molar-refractivity contribution < 1.29 is 4.42 Å². The number of furan rings is 1. The molecule has 0 radical (unpaired) electrons. The largest absolute Gasteiger partial charge is 0.455 e. The molecule has 12 aromatic rings. The van der Waals surface area contributed by atoms with Crippen LogP contribution in [0.1, 0.15) is 25.0 Å². The standard InChI is InChI=1S/C63H44N2O/c1-63(2)57-18-7-3-12-51(57)52-39-38-49(40-58(52)63)64(46-32-26-42(27-33-46)41-22-24-45(25-23-41)50-16-11-17-56-55-15-6-10-21-61(55)66-62(50)56)47-34-28-43(29-35-47)44-30-36-48(37-31-44)65-59-19-8-4-13-53(59)54-14-5-9-20-60(54)65/h3-40H,1-2H3. The Labute approximate surface area is 384 Å². The topological polar surface area (TPSA) is 21.3 Å². The molecule has 312 valence electrons. The third-order valence-corrected chi connectivity index (χ3v) is 14.0. The molecular formula is C63H44N2O. The van der Waals surface area contributed by atoms with E-state index in [1.165, 1.54) is 60.8 Å². The summed E-state index contributed by atoms with van der Waals surface area (Å²) < 4.78 is 8.75. The summed E-state index contributed by atoms with van der Waals surface area (Å²) in [5.41, 5.74) is 20.9. The lowest BCUT2D eigenvalue weighted by Crippen LogP contribution is -2.16. The van der Waals surface area contributed by atoms with Crippen molar-refractivity contribution in [1.82, 2.24) is 4.57 Å². The Bertz CT molecular complexity index is 3760. The van der Waals surface area contributed by atoms with Gasteiger partial charge in [-0.2, -0.15) is 0 Å². The third-order valence-electron chi connectivity index (χ3n) is 14.0. The van der Waals surface area contributed by atoms with Crippen molar-refractivity contribution in [2.24, 2.45) is 0 Å². The molecule has 13 rings (SSSR count). The number of hydrogen-bond acceptors (Lipinski definition) is 2. The van der Waals surface area contributed by atoms with Gasteiger partial charge in [0.25, 0.3) is 0 Å². The highest BCUT2D eigenvalue weighted by molar-refractivity contribution is 6.10. The Morgan fingerprint density at radius 1 is 0.364 bits per heavy atom. The van der Waals surface area contributed by atoms with Crippen molar-refractivity contribution in [1.29, 1.82) is 0 Å². The van der Waals surface area contributed by atoms with Gasteiger partial charge in [0.1, 0.15) is 11.2 Å². The van der Waals surface area contributed by atoms with Gasteiger partial charge >= 0.3 is 0 Å². The van der Waals surface area contributed by atoms with Crippen LogP contribution < -0.4 is 4.90 Å². The van der Waals surface area contributed by atoms with E-state index < -0.39 is 0 Å². The smallest absolute Gasteiger partial charge is 0.143 e. The zero-order valence-electron chi connectivity index (χ0n) is 36.7. The molecule has 0 saturated carbocycles. The minimum atomic E-state index is -0.116. The SMILES string of the molecule is CC1(C)c2ccccc2-c2ccc(N(c3ccc(-c4ccc(-c5cccc6c5oc5ccccc56)cc4)cc3)c3ccc(-c4ccc(-n5c6ccccc6c6ccccc65)cc4)cc3)cc21. The molecule has 0 bridgehead atoms. The summed E-state index contributed by atoms with van der Waals surface area (Å²) in [5, 5.41) is 4.83. The average molecular weight is 845 g/mol. The first-order chi connectivity index (χ1) is 32.5. The van der Waals surface area contributed by atoms with E-state index in [0.717, 1.165) is 61.4 Å². The van der Waals surface area contributed by atoms with Crippen molar-refractivity contribution in [3.05, 3.63) is 242 Å². The fourth-order valence-corrected chi connectivity index (χ4v) is 10.7. The monoisotopic (exact) mass is 844 g/mol. The quantitative estimate of drug-likeness (QED) is 0.159. The summed E-state index contributed by atoms with van der Waals surface area (Å²) in [4.78, 5) is 2.40. The molecule has 2 aromatic heterocycles. The summed E-state index contributed by atoms with van der Waals surface area (Å²) in [6.07, 6.45) is 0. The number of para-hydroxylation sites is 4. The Balaban J connectivity index is 0.844. The highest BCUT2D eigenvalue weighted by atomic mass is 16.3. The predicted molar refractivity (Wildman–Crippen MR) is 277 cm³/mol. The molecule has 0 aliphatic heterocycles. The molecule has 0 N–H and O–H groups in total. The van der Waals surface area contributed by atoms with E-state index in [2.05, 4.69) is 242 Å². The van der Waals surface area contributed by atoms with Crippen molar-refractivity contribution in [3.63, 3.8) is 0 Å². The fourth-order valence-electron chi connectivity index (χ4n) is 10.7. The Morgan fingerprint density at radius 3 is 1.48 bits per heavy atom. The summed E-state index contributed by atoms with van der Waals surface area (Å²) in [7, 11) is 0. The van der Waals surface area contributed by atoms with Gasteiger partial charge < -0.3 is 13.9 Å². The molecule has 0 fully saturated rings. The number of rotatable bonds is 7. The van der Waals surface area contributed by atoms with Crippen molar-refractivity contribution in [2.75, 3.05) is 4.90 Å². The predicted octanol–water partition coefficient (Wildman–Crippen LogP) is 17.5. The maximum Gasteiger partial charge on any atom is 0.143 e. The molecule has 0 amide bonds. The lowest BCUT2D eigenvalue weighted by molar-refractivity contribution is 0.660.